The van der Waals surface area contributed by atoms with Crippen LogP contribution in [-0.4, -0.2) is 6.21 Å². The molecule has 0 saturated heterocycles. The van der Waals surface area contributed by atoms with E-state index in [4.69, 9.17) is 0 Å². The first kappa shape index (κ1) is 13.4. The summed E-state index contributed by atoms with van der Waals surface area (Å²) < 4.78 is 0. The molecule has 17 heavy (non-hydrogen) atoms. The summed E-state index contributed by atoms with van der Waals surface area (Å²) in [6, 6.07) is 6.32. The van der Waals surface area contributed by atoms with Gasteiger partial charge in [-0.3, -0.25) is 4.99 Å². The van der Waals surface area contributed by atoms with E-state index in [1.54, 1.807) is 0 Å². The highest BCUT2D eigenvalue weighted by molar-refractivity contribution is 5.68. The van der Waals surface area contributed by atoms with Crippen molar-refractivity contribution >= 4 is 11.9 Å². The van der Waals surface area contributed by atoms with E-state index >= 15 is 0 Å². The van der Waals surface area contributed by atoms with E-state index in [1.165, 1.54) is 16.7 Å². The number of allylic oxidation sites excluding steroid dienone is 3. The fraction of sp³-hybridized carbons (Fsp3) is 0.312. The van der Waals surface area contributed by atoms with Crippen molar-refractivity contribution in [1.29, 1.82) is 0 Å². The zero-order chi connectivity index (χ0) is 12.7. The van der Waals surface area contributed by atoms with Gasteiger partial charge >= 0.3 is 0 Å². The van der Waals surface area contributed by atoms with E-state index in [1.807, 2.05) is 12.3 Å². The Bertz CT molecular complexity index is 439. The van der Waals surface area contributed by atoms with Gasteiger partial charge in [0.05, 0.1) is 5.69 Å². The topological polar surface area (TPSA) is 12.4 Å². The van der Waals surface area contributed by atoms with E-state index in [2.05, 4.69) is 56.6 Å². The molecular formula is C16H21N. The lowest BCUT2D eigenvalue weighted by atomic mass is 10.1. The van der Waals surface area contributed by atoms with Crippen LogP contribution in [0.3, 0.4) is 0 Å². The van der Waals surface area contributed by atoms with Gasteiger partial charge in [0.1, 0.15) is 0 Å². The van der Waals surface area contributed by atoms with Gasteiger partial charge in [-0.1, -0.05) is 43.4 Å². The minimum absolute atomic E-state index is 0.852. The maximum Gasteiger partial charge on any atom is 0.0655 e. The molecule has 1 heteroatoms. The number of aliphatic imine (C=N–C) groups is 1. The molecule has 0 aliphatic heterocycles. The van der Waals surface area contributed by atoms with Crippen molar-refractivity contribution in [1.82, 2.24) is 0 Å². The molecule has 0 aromatic heterocycles. The smallest absolute Gasteiger partial charge is 0.0655 e. The fourth-order valence-corrected chi connectivity index (χ4v) is 1.71. The lowest BCUT2D eigenvalue weighted by Crippen LogP contribution is -1.82. The Balaban J connectivity index is 2.71. The molecule has 0 atom stereocenters. The molecule has 0 spiro atoms. The molecule has 90 valence electrons. The predicted octanol–water partition coefficient (Wildman–Crippen LogP) is 4.92. The molecule has 0 saturated carbocycles. The lowest BCUT2D eigenvalue weighted by molar-refractivity contribution is 1.18. The van der Waals surface area contributed by atoms with Crippen LogP contribution >= 0.6 is 0 Å². The molecule has 1 aromatic rings. The second-order valence-electron chi connectivity index (χ2n) is 4.20. The van der Waals surface area contributed by atoms with Crippen LogP contribution in [0.5, 0.6) is 0 Å². The molecule has 1 aromatic carbocycles. The van der Waals surface area contributed by atoms with E-state index in [0.717, 1.165) is 18.5 Å². The van der Waals surface area contributed by atoms with Gasteiger partial charge in [-0.05, 0) is 37.5 Å². The normalized spacial score (nSPS) is 12.1. The number of nitrogens with zero attached hydrogens (tertiary/aromatic N) is 1. The maximum absolute atomic E-state index is 4.50. The Hall–Kier alpha value is -1.63. The van der Waals surface area contributed by atoms with Crippen molar-refractivity contribution in [3.63, 3.8) is 0 Å². The second kappa shape index (κ2) is 6.85. The van der Waals surface area contributed by atoms with Gasteiger partial charge in [0.25, 0.3) is 0 Å². The summed E-state index contributed by atoms with van der Waals surface area (Å²) in [5.41, 5.74) is 4.79. The average molecular weight is 227 g/mol. The van der Waals surface area contributed by atoms with Crippen LogP contribution in [0, 0.1) is 13.8 Å². The SMILES string of the molecule is C=C/C(=C\CC)CC=Nc1ccc(C)cc1C. The van der Waals surface area contributed by atoms with Gasteiger partial charge in [-0.25, -0.2) is 0 Å². The van der Waals surface area contributed by atoms with Crippen LogP contribution in [0.1, 0.15) is 30.9 Å². The molecule has 1 rings (SSSR count). The lowest BCUT2D eigenvalue weighted by Gasteiger charge is -2.01. The number of rotatable bonds is 5. The van der Waals surface area contributed by atoms with Crippen molar-refractivity contribution in [3.05, 3.63) is 53.6 Å². The second-order valence-corrected chi connectivity index (χ2v) is 4.20. The average Bonchev–Trinajstić information content (AvgIpc) is 2.30. The van der Waals surface area contributed by atoms with Crippen molar-refractivity contribution in [2.24, 2.45) is 4.99 Å². The van der Waals surface area contributed by atoms with E-state index in [9.17, 15) is 0 Å². The van der Waals surface area contributed by atoms with Gasteiger partial charge in [0.2, 0.25) is 0 Å². The molecule has 0 heterocycles. The summed E-state index contributed by atoms with van der Waals surface area (Å²) in [5, 5.41) is 0. The molecule has 0 unspecified atom stereocenters. The largest absolute Gasteiger partial charge is 0.261 e. The van der Waals surface area contributed by atoms with Gasteiger partial charge in [0.15, 0.2) is 0 Å². The molecule has 0 amide bonds. The highest BCUT2D eigenvalue weighted by atomic mass is 14.7. The Morgan fingerprint density at radius 3 is 2.71 bits per heavy atom. The highest BCUT2D eigenvalue weighted by Crippen LogP contribution is 2.19. The van der Waals surface area contributed by atoms with Crippen molar-refractivity contribution in [2.45, 2.75) is 33.6 Å². The Kier molecular flexibility index (Phi) is 5.41. The number of aryl methyl sites for hydroxylation is 2. The van der Waals surface area contributed by atoms with Gasteiger partial charge in [-0.15, -0.1) is 0 Å². The summed E-state index contributed by atoms with van der Waals surface area (Å²) in [4.78, 5) is 4.50. The Labute approximate surface area is 105 Å². The fourth-order valence-electron chi connectivity index (χ4n) is 1.71. The van der Waals surface area contributed by atoms with Crippen LogP contribution in [-0.2, 0) is 0 Å². The van der Waals surface area contributed by atoms with Crippen LogP contribution in [0.15, 0.2) is 47.5 Å². The number of hydrogen-bond acceptors (Lipinski definition) is 1. The maximum atomic E-state index is 4.50. The minimum atomic E-state index is 0.852. The highest BCUT2D eigenvalue weighted by Gasteiger charge is 1.95. The Morgan fingerprint density at radius 2 is 2.12 bits per heavy atom. The summed E-state index contributed by atoms with van der Waals surface area (Å²) in [7, 11) is 0. The van der Waals surface area contributed by atoms with Crippen LogP contribution in [0.25, 0.3) is 0 Å². The van der Waals surface area contributed by atoms with Gasteiger partial charge in [-0.2, -0.15) is 0 Å². The molecule has 0 fully saturated rings. The molecular weight excluding hydrogens is 206 g/mol. The first-order chi connectivity index (χ1) is 8.17. The Morgan fingerprint density at radius 1 is 1.35 bits per heavy atom. The molecule has 0 bridgehead atoms. The molecule has 0 N–H and O–H groups in total. The summed E-state index contributed by atoms with van der Waals surface area (Å²) in [6.07, 6.45) is 7.93. The van der Waals surface area contributed by atoms with Crippen molar-refractivity contribution < 1.29 is 0 Å². The van der Waals surface area contributed by atoms with Crippen LogP contribution in [0.2, 0.25) is 0 Å². The number of hydrogen-bond donors (Lipinski definition) is 0. The quantitative estimate of drug-likeness (QED) is 0.500. The third kappa shape index (κ3) is 4.39. The zero-order valence-corrected chi connectivity index (χ0v) is 11.0. The van der Waals surface area contributed by atoms with E-state index < -0.39 is 0 Å². The third-order valence-electron chi connectivity index (χ3n) is 2.64. The predicted molar refractivity (Wildman–Crippen MR) is 77.3 cm³/mol. The molecule has 1 nitrogen and oxygen atoms in total. The van der Waals surface area contributed by atoms with Gasteiger partial charge in [0, 0.05) is 12.6 Å². The summed E-state index contributed by atoms with van der Waals surface area (Å²) in [5.74, 6) is 0. The first-order valence-corrected chi connectivity index (χ1v) is 6.08. The van der Waals surface area contributed by atoms with E-state index in [0.29, 0.717) is 0 Å². The zero-order valence-electron chi connectivity index (χ0n) is 11.0. The summed E-state index contributed by atoms with van der Waals surface area (Å²) in [6.45, 7) is 10.1. The minimum Gasteiger partial charge on any atom is -0.261 e. The van der Waals surface area contributed by atoms with E-state index in [-0.39, 0.29) is 0 Å². The third-order valence-corrected chi connectivity index (χ3v) is 2.64. The van der Waals surface area contributed by atoms with Crippen molar-refractivity contribution in [2.75, 3.05) is 0 Å². The summed E-state index contributed by atoms with van der Waals surface area (Å²) >= 11 is 0. The molecule has 0 aliphatic rings. The first-order valence-electron chi connectivity index (χ1n) is 6.08. The number of benzene rings is 1. The standard InChI is InChI=1S/C16H21N/c1-5-7-15(6-2)10-11-17-16-9-8-13(3)12-14(16)4/h6-9,11-12H,2,5,10H2,1,3-4H3/b15-7+,17-11?. The molecule has 0 aliphatic carbocycles. The van der Waals surface area contributed by atoms with Crippen molar-refractivity contribution in [3.8, 4) is 0 Å². The van der Waals surface area contributed by atoms with Gasteiger partial charge < -0.3 is 0 Å². The van der Waals surface area contributed by atoms with Crippen LogP contribution in [0.4, 0.5) is 5.69 Å². The molecule has 0 radical (unpaired) electrons. The van der Waals surface area contributed by atoms with Crippen LogP contribution < -0.4 is 0 Å². The monoisotopic (exact) mass is 227 g/mol.